The second-order valence-electron chi connectivity index (χ2n) is 5.05. The smallest absolute Gasteiger partial charge is 1.00 e. The zero-order valence-corrected chi connectivity index (χ0v) is 14.1. The van der Waals surface area contributed by atoms with Gasteiger partial charge in [-0.1, -0.05) is 72.8 Å². The van der Waals surface area contributed by atoms with E-state index in [2.05, 4.69) is 0 Å². The average Bonchev–Trinajstić information content (AvgIpc) is 2.57. The summed E-state index contributed by atoms with van der Waals surface area (Å²) < 4.78 is 39.1. The van der Waals surface area contributed by atoms with Crippen LogP contribution in [0.25, 0.3) is 0 Å². The number of benzene rings is 3. The zero-order valence-electron chi connectivity index (χ0n) is 14.2. The summed E-state index contributed by atoms with van der Waals surface area (Å²) in [4.78, 5) is 0. The molecule has 0 atom stereocenters. The Labute approximate surface area is 154 Å². The molecule has 0 saturated heterocycles. The summed E-state index contributed by atoms with van der Waals surface area (Å²) in [5.41, 5.74) is -0.602. The van der Waals surface area contributed by atoms with Crippen LogP contribution in [0.15, 0.2) is 84.9 Å². The van der Waals surface area contributed by atoms with Crippen molar-refractivity contribution in [1.29, 1.82) is 0 Å². The van der Waals surface area contributed by atoms with Crippen LogP contribution in [0, 0.1) is 0 Å². The fourth-order valence-electron chi connectivity index (χ4n) is 2.42. The van der Waals surface area contributed by atoms with Crippen LogP contribution >= 0.6 is 7.92 Å². The standard InChI is InChI=1S/C19H14F3P.Li.H/c20-19(21,22)15-8-7-13-18(14-15)23(16-9-3-1-4-10-16)17-11-5-2-6-12-17;;/h1-14H;;/q;+1;-1. The van der Waals surface area contributed by atoms with Gasteiger partial charge in [0.05, 0.1) is 5.56 Å². The van der Waals surface area contributed by atoms with Gasteiger partial charge in [-0.15, -0.1) is 0 Å². The SMILES string of the molecule is FC(F)(F)c1cccc(P(c2ccccc2)c2ccccc2)c1.[H-].[Li+]. The second kappa shape index (κ2) is 8.04. The van der Waals surface area contributed by atoms with Crippen molar-refractivity contribution in [3.63, 3.8) is 0 Å². The van der Waals surface area contributed by atoms with Gasteiger partial charge in [-0.05, 0) is 36.0 Å². The van der Waals surface area contributed by atoms with Crippen molar-refractivity contribution in [1.82, 2.24) is 0 Å². The van der Waals surface area contributed by atoms with Crippen molar-refractivity contribution >= 4 is 23.8 Å². The Hall–Kier alpha value is -1.52. The molecule has 118 valence electrons. The van der Waals surface area contributed by atoms with Gasteiger partial charge >= 0.3 is 25.0 Å². The van der Waals surface area contributed by atoms with E-state index in [1.54, 1.807) is 6.07 Å². The van der Waals surface area contributed by atoms with Gasteiger partial charge in [0.25, 0.3) is 0 Å². The van der Waals surface area contributed by atoms with Crippen molar-refractivity contribution in [3.8, 4) is 0 Å². The van der Waals surface area contributed by atoms with Crippen LogP contribution in [0.2, 0.25) is 0 Å². The zero-order chi connectivity index (χ0) is 16.3. The van der Waals surface area contributed by atoms with E-state index in [4.69, 9.17) is 0 Å². The van der Waals surface area contributed by atoms with Crippen molar-refractivity contribution < 1.29 is 33.5 Å². The topological polar surface area (TPSA) is 0 Å². The molecule has 0 aliphatic rings. The molecule has 0 radical (unpaired) electrons. The fraction of sp³-hybridized carbons (Fsp3) is 0.0526. The van der Waals surface area contributed by atoms with Crippen molar-refractivity contribution in [2.24, 2.45) is 0 Å². The molecule has 3 rings (SSSR count). The first kappa shape index (κ1) is 18.8. The Morgan fingerprint density at radius 3 is 1.54 bits per heavy atom. The van der Waals surface area contributed by atoms with Crippen molar-refractivity contribution in [2.45, 2.75) is 6.18 Å². The molecule has 0 nitrogen and oxygen atoms in total. The Bertz CT molecular complexity index is 740. The average molecular weight is 338 g/mol. The largest absolute Gasteiger partial charge is 1.00 e. The van der Waals surface area contributed by atoms with Crippen LogP contribution in [-0.2, 0) is 6.18 Å². The summed E-state index contributed by atoms with van der Waals surface area (Å²) in [5, 5.41) is 2.77. The fourth-order valence-corrected chi connectivity index (χ4v) is 4.76. The van der Waals surface area contributed by atoms with Gasteiger partial charge in [-0.25, -0.2) is 0 Å². The molecule has 0 spiro atoms. The molecule has 0 bridgehead atoms. The Balaban J connectivity index is 0.00000156. The maximum atomic E-state index is 13.0. The van der Waals surface area contributed by atoms with Crippen molar-refractivity contribution in [3.05, 3.63) is 90.5 Å². The Kier molecular flexibility index (Phi) is 6.30. The first-order valence-electron chi connectivity index (χ1n) is 7.13. The predicted molar refractivity (Wildman–Crippen MR) is 91.3 cm³/mol. The first-order valence-corrected chi connectivity index (χ1v) is 8.47. The molecule has 5 heteroatoms. The normalized spacial score (nSPS) is 11.2. The second-order valence-corrected chi connectivity index (χ2v) is 7.27. The summed E-state index contributed by atoms with van der Waals surface area (Å²) in [6.07, 6.45) is -4.33. The van der Waals surface area contributed by atoms with E-state index in [9.17, 15) is 13.2 Å². The number of rotatable bonds is 3. The first-order chi connectivity index (χ1) is 11.1. The number of hydrogen-bond acceptors (Lipinski definition) is 0. The minimum Gasteiger partial charge on any atom is -1.00 e. The number of alkyl halides is 3. The number of halogens is 3. The molecule has 0 unspecified atom stereocenters. The van der Waals surface area contributed by atoms with Crippen LogP contribution < -0.4 is 34.8 Å². The summed E-state index contributed by atoms with van der Waals surface area (Å²) in [6.45, 7) is 0. The van der Waals surface area contributed by atoms with E-state index < -0.39 is 19.7 Å². The molecular weight excluding hydrogens is 323 g/mol. The summed E-state index contributed by atoms with van der Waals surface area (Å²) >= 11 is 0. The van der Waals surface area contributed by atoms with Gasteiger partial charge in [0.15, 0.2) is 0 Å². The molecule has 0 amide bonds. The molecular formula is C19H15F3LiP. The maximum absolute atomic E-state index is 13.0. The maximum Gasteiger partial charge on any atom is 1.00 e. The van der Waals surface area contributed by atoms with E-state index in [1.807, 2.05) is 60.7 Å². The molecule has 0 aromatic heterocycles. The van der Waals surface area contributed by atoms with Gasteiger partial charge in [0.2, 0.25) is 0 Å². The Morgan fingerprint density at radius 2 is 1.08 bits per heavy atom. The summed E-state index contributed by atoms with van der Waals surface area (Å²) in [6, 6.07) is 25.0. The van der Waals surface area contributed by atoms with Gasteiger partial charge in [-0.2, -0.15) is 13.2 Å². The molecule has 0 N–H and O–H groups in total. The third-order valence-corrected chi connectivity index (χ3v) is 5.88. The van der Waals surface area contributed by atoms with Crippen LogP contribution in [0.5, 0.6) is 0 Å². The minimum atomic E-state index is -4.33. The van der Waals surface area contributed by atoms with E-state index in [0.29, 0.717) is 5.30 Å². The third-order valence-electron chi connectivity index (χ3n) is 3.46. The van der Waals surface area contributed by atoms with Crippen LogP contribution in [0.3, 0.4) is 0 Å². The molecule has 0 saturated carbocycles. The van der Waals surface area contributed by atoms with E-state index in [0.717, 1.165) is 16.7 Å². The molecule has 0 heterocycles. The van der Waals surface area contributed by atoms with Crippen LogP contribution in [-0.4, -0.2) is 0 Å². The molecule has 3 aromatic carbocycles. The minimum absolute atomic E-state index is 0. The van der Waals surface area contributed by atoms with Crippen LogP contribution in [0.4, 0.5) is 13.2 Å². The van der Waals surface area contributed by atoms with Crippen molar-refractivity contribution in [2.75, 3.05) is 0 Å². The molecule has 3 aromatic rings. The van der Waals surface area contributed by atoms with Crippen LogP contribution in [0.1, 0.15) is 6.99 Å². The predicted octanol–water partition coefficient (Wildman–Crippen LogP) is 1.58. The quantitative estimate of drug-likeness (QED) is 0.503. The van der Waals surface area contributed by atoms with Gasteiger partial charge < -0.3 is 1.43 Å². The van der Waals surface area contributed by atoms with Gasteiger partial charge in [0, 0.05) is 0 Å². The van der Waals surface area contributed by atoms with E-state index in [1.165, 1.54) is 12.1 Å². The molecule has 0 fully saturated rings. The molecule has 0 aliphatic heterocycles. The molecule has 24 heavy (non-hydrogen) atoms. The van der Waals surface area contributed by atoms with E-state index in [-0.39, 0.29) is 20.3 Å². The summed E-state index contributed by atoms with van der Waals surface area (Å²) in [7, 11) is -1.01. The number of hydrogen-bond donors (Lipinski definition) is 0. The summed E-state index contributed by atoms with van der Waals surface area (Å²) in [5.74, 6) is 0. The molecule has 0 aliphatic carbocycles. The Morgan fingerprint density at radius 1 is 0.625 bits per heavy atom. The third kappa shape index (κ3) is 4.31. The van der Waals surface area contributed by atoms with E-state index >= 15 is 0 Å². The van der Waals surface area contributed by atoms with Gasteiger partial charge in [-0.3, -0.25) is 0 Å². The van der Waals surface area contributed by atoms with Gasteiger partial charge in [0.1, 0.15) is 0 Å². The monoisotopic (exact) mass is 338 g/mol.